The van der Waals surface area contributed by atoms with Crippen LogP contribution in [0.2, 0.25) is 5.15 Å². The Hall–Kier alpha value is -4.41. The summed E-state index contributed by atoms with van der Waals surface area (Å²) in [4.78, 5) is 34.6. The number of hydrogen-bond acceptors (Lipinski definition) is 13. The van der Waals surface area contributed by atoms with Gasteiger partial charge in [0.25, 0.3) is 0 Å². The molecule has 3 N–H and O–H groups in total. The van der Waals surface area contributed by atoms with Crippen LogP contribution in [0.1, 0.15) is 74.8 Å². The fourth-order valence-electron chi connectivity index (χ4n) is 4.84. The number of aromatic amines is 1. The molecule has 4 aromatic rings. The Kier molecular flexibility index (Phi) is 13.2. The molecule has 0 fully saturated rings. The molecule has 0 amide bonds. The van der Waals surface area contributed by atoms with Gasteiger partial charge in [-0.15, -0.1) is 10.2 Å². The van der Waals surface area contributed by atoms with Crippen LogP contribution in [0.4, 0.5) is 4.79 Å². The number of benzene rings is 2. The number of imidazole rings is 1. The Bertz CT molecular complexity index is 1580. The Balaban J connectivity index is 1.40. The average Bonchev–Trinajstić information content (AvgIpc) is 3.68. The van der Waals surface area contributed by atoms with Crippen LogP contribution >= 0.6 is 11.6 Å². The van der Waals surface area contributed by atoms with Crippen molar-refractivity contribution >= 4 is 23.7 Å². The largest absolute Gasteiger partial charge is 0.511 e. The first-order valence-corrected chi connectivity index (χ1v) is 15.6. The summed E-state index contributed by atoms with van der Waals surface area (Å²) in [7, 11) is 0. The minimum Gasteiger partial charge on any atom is -0.434 e. The molecule has 0 saturated carbocycles. The SMILES string of the molecule is CCCCc1nc(Cl)c(C(=O)OC(C)OC(=O)OCCCC[C@@H](C)ON(O)O)n1Cc1ccc(-c2ccccc2-c2nn[nH]n2)cc1. The molecule has 2 heterocycles. The third kappa shape index (κ3) is 10.3. The van der Waals surface area contributed by atoms with E-state index in [4.69, 9.17) is 36.2 Å². The third-order valence-corrected chi connectivity index (χ3v) is 7.37. The summed E-state index contributed by atoms with van der Waals surface area (Å²) in [5.74, 6) is 0.324. The van der Waals surface area contributed by atoms with E-state index in [1.807, 2.05) is 48.5 Å². The lowest BCUT2D eigenvalue weighted by molar-refractivity contribution is -0.503. The number of carbonyl (C=O) groups is 2. The minimum atomic E-state index is -1.26. The number of rotatable bonds is 17. The number of nitrogens with zero attached hydrogens (tertiary/aromatic N) is 6. The Morgan fingerprint density at radius 3 is 2.45 bits per heavy atom. The number of aromatic nitrogens is 6. The van der Waals surface area contributed by atoms with Crippen LogP contribution in [-0.4, -0.2) is 77.1 Å². The number of nitrogens with one attached hydrogen (secondary N) is 1. The van der Waals surface area contributed by atoms with Crippen molar-refractivity contribution in [1.29, 1.82) is 0 Å². The molecule has 0 aliphatic carbocycles. The van der Waals surface area contributed by atoms with E-state index in [2.05, 4.69) is 37.4 Å². The molecule has 2 atom stereocenters. The standard InChI is InChI=1S/C31H38ClN7O8/c1-4-5-13-26-33-28(32)27(30(40)45-21(3)46-31(41)44-18-9-8-10-20(2)47-39(42)43)38(26)19-22-14-16-23(17-15-22)24-11-6-7-12-25(24)29-34-36-37-35-29/h6-7,11-12,14-17,20-21,42-43H,4-5,8-10,13,18-19H2,1-3H3,(H,34,35,36,37)/t20-,21?/m1/s1. The van der Waals surface area contributed by atoms with Crippen LogP contribution in [0, 0.1) is 0 Å². The van der Waals surface area contributed by atoms with E-state index in [1.165, 1.54) is 6.92 Å². The van der Waals surface area contributed by atoms with E-state index < -0.39 is 24.5 Å². The van der Waals surface area contributed by atoms with Gasteiger partial charge in [0.1, 0.15) is 5.82 Å². The molecule has 0 radical (unpaired) electrons. The van der Waals surface area contributed by atoms with Crippen LogP contribution in [0.25, 0.3) is 22.5 Å². The molecule has 1 unspecified atom stereocenters. The molecule has 4 rings (SSSR count). The Labute approximate surface area is 276 Å². The second-order valence-electron chi connectivity index (χ2n) is 10.7. The normalized spacial score (nSPS) is 12.6. The fraction of sp³-hybridized carbons (Fsp3) is 0.419. The maximum absolute atomic E-state index is 13.3. The molecule has 2 aromatic heterocycles. The van der Waals surface area contributed by atoms with Crippen LogP contribution in [0.15, 0.2) is 48.5 Å². The quantitative estimate of drug-likeness (QED) is 0.0514. The van der Waals surface area contributed by atoms with E-state index >= 15 is 0 Å². The number of unbranched alkanes of at least 4 members (excludes halogenated alkanes) is 2. The summed E-state index contributed by atoms with van der Waals surface area (Å²) in [6.45, 7) is 5.46. The van der Waals surface area contributed by atoms with Gasteiger partial charge in [0.05, 0.1) is 18.1 Å². The molecular weight excluding hydrogens is 634 g/mol. The van der Waals surface area contributed by atoms with Crippen LogP contribution < -0.4 is 0 Å². The molecule has 0 bridgehead atoms. The highest BCUT2D eigenvalue weighted by molar-refractivity contribution is 6.32. The zero-order valence-electron chi connectivity index (χ0n) is 26.3. The molecular formula is C31H38ClN7O8. The predicted octanol–water partition coefficient (Wildman–Crippen LogP) is 6.00. The van der Waals surface area contributed by atoms with Gasteiger partial charge in [-0.3, -0.25) is 10.4 Å². The molecule has 0 spiro atoms. The topological polar surface area (TPSA) is 187 Å². The first-order valence-electron chi connectivity index (χ1n) is 15.2. The second kappa shape index (κ2) is 17.5. The zero-order chi connectivity index (χ0) is 33.8. The summed E-state index contributed by atoms with van der Waals surface area (Å²) in [5.41, 5.74) is 3.67. The number of H-pyrrole nitrogens is 1. The van der Waals surface area contributed by atoms with Crippen LogP contribution in [0.5, 0.6) is 0 Å². The highest BCUT2D eigenvalue weighted by Crippen LogP contribution is 2.30. The third-order valence-electron chi connectivity index (χ3n) is 7.10. The van der Waals surface area contributed by atoms with Gasteiger partial charge in [0.2, 0.25) is 12.1 Å². The highest BCUT2D eigenvalue weighted by atomic mass is 35.5. The van der Waals surface area contributed by atoms with Crippen molar-refractivity contribution in [1.82, 2.24) is 35.6 Å². The molecule has 252 valence electrons. The number of carbonyl (C=O) groups excluding carboxylic acids is 2. The van der Waals surface area contributed by atoms with Gasteiger partial charge in [-0.1, -0.05) is 73.5 Å². The molecule has 0 saturated heterocycles. The highest BCUT2D eigenvalue weighted by Gasteiger charge is 2.26. The van der Waals surface area contributed by atoms with E-state index in [0.29, 0.717) is 43.9 Å². The first-order chi connectivity index (χ1) is 22.7. The molecule has 2 aromatic carbocycles. The molecule has 0 aliphatic heterocycles. The maximum atomic E-state index is 13.3. The smallest absolute Gasteiger partial charge is 0.434 e. The van der Waals surface area contributed by atoms with Gasteiger partial charge in [0.15, 0.2) is 10.8 Å². The zero-order valence-corrected chi connectivity index (χ0v) is 27.1. The fourth-order valence-corrected chi connectivity index (χ4v) is 5.12. The van der Waals surface area contributed by atoms with Gasteiger partial charge >= 0.3 is 12.1 Å². The lowest BCUT2D eigenvalue weighted by Crippen LogP contribution is -2.24. The molecule has 47 heavy (non-hydrogen) atoms. The number of halogens is 1. The molecule has 16 heteroatoms. The van der Waals surface area contributed by atoms with Crippen molar-refractivity contribution < 1.29 is 39.1 Å². The molecule has 0 aliphatic rings. The van der Waals surface area contributed by atoms with E-state index in [0.717, 1.165) is 35.1 Å². The second-order valence-corrected chi connectivity index (χ2v) is 11.0. The van der Waals surface area contributed by atoms with Crippen molar-refractivity contribution in [3.8, 4) is 22.5 Å². The summed E-state index contributed by atoms with van der Waals surface area (Å²) in [6.07, 6.45) is 1.22. The average molecular weight is 672 g/mol. The minimum absolute atomic E-state index is 0.00901. The Morgan fingerprint density at radius 2 is 1.77 bits per heavy atom. The summed E-state index contributed by atoms with van der Waals surface area (Å²) in [6, 6.07) is 15.6. The summed E-state index contributed by atoms with van der Waals surface area (Å²) < 4.78 is 17.3. The van der Waals surface area contributed by atoms with Crippen LogP contribution in [-0.2, 0) is 32.0 Å². The number of aryl methyl sites for hydroxylation is 1. The summed E-state index contributed by atoms with van der Waals surface area (Å²) >= 11 is 6.48. The van der Waals surface area contributed by atoms with Gasteiger partial charge in [0, 0.05) is 25.5 Å². The summed E-state index contributed by atoms with van der Waals surface area (Å²) in [5, 5.41) is 31.3. The van der Waals surface area contributed by atoms with Gasteiger partial charge < -0.3 is 18.8 Å². The first kappa shape index (κ1) is 35.4. The van der Waals surface area contributed by atoms with Crippen molar-refractivity contribution in [3.63, 3.8) is 0 Å². The lowest BCUT2D eigenvalue weighted by Gasteiger charge is -2.16. The van der Waals surface area contributed by atoms with E-state index in [1.54, 1.807) is 11.5 Å². The Morgan fingerprint density at radius 1 is 1.02 bits per heavy atom. The van der Waals surface area contributed by atoms with Gasteiger partial charge in [-0.25, -0.2) is 19.4 Å². The predicted molar refractivity (Wildman–Crippen MR) is 167 cm³/mol. The van der Waals surface area contributed by atoms with E-state index in [9.17, 15) is 9.59 Å². The van der Waals surface area contributed by atoms with Crippen molar-refractivity contribution in [2.24, 2.45) is 0 Å². The van der Waals surface area contributed by atoms with Gasteiger partial charge in [-0.2, -0.15) is 5.21 Å². The van der Waals surface area contributed by atoms with Crippen molar-refractivity contribution in [2.45, 2.75) is 78.2 Å². The number of hydrogen-bond donors (Lipinski definition) is 3. The van der Waals surface area contributed by atoms with Gasteiger partial charge in [-0.05, 0) is 54.5 Å². The lowest BCUT2D eigenvalue weighted by atomic mass is 9.98. The number of ether oxygens (including phenoxy) is 3. The number of esters is 1. The number of tetrazole rings is 1. The van der Waals surface area contributed by atoms with Crippen LogP contribution in [0.3, 0.4) is 0 Å². The maximum Gasteiger partial charge on any atom is 0.511 e. The van der Waals surface area contributed by atoms with Crippen molar-refractivity contribution in [3.05, 3.63) is 70.8 Å². The van der Waals surface area contributed by atoms with Crippen molar-refractivity contribution in [2.75, 3.05) is 6.61 Å². The monoisotopic (exact) mass is 671 g/mol. The van der Waals surface area contributed by atoms with E-state index in [-0.39, 0.29) is 22.8 Å². The molecule has 15 nitrogen and oxygen atoms in total.